The molecule has 0 unspecified atom stereocenters. The summed E-state index contributed by atoms with van der Waals surface area (Å²) in [5.74, 6) is 0.637. The molecule has 2 amide bonds. The maximum absolute atomic E-state index is 13.2. The van der Waals surface area contributed by atoms with Gasteiger partial charge in [-0.1, -0.05) is 6.07 Å². The first-order valence-electron chi connectivity index (χ1n) is 10.1. The van der Waals surface area contributed by atoms with Crippen LogP contribution in [-0.2, 0) is 22.6 Å². The third kappa shape index (κ3) is 3.56. The summed E-state index contributed by atoms with van der Waals surface area (Å²) < 4.78 is 3.57. The SMILES string of the molecule is CCn1cnnc1CCNC(=O)[C@H]1[C@H]2C[C@H](CN(C(C)=O)C2)c2cccc(=O)n21. The van der Waals surface area contributed by atoms with Gasteiger partial charge in [0.2, 0.25) is 11.8 Å². The zero-order valence-electron chi connectivity index (χ0n) is 16.7. The highest BCUT2D eigenvalue weighted by atomic mass is 16.2. The molecule has 0 aliphatic carbocycles. The van der Waals surface area contributed by atoms with Crippen molar-refractivity contribution in [1.82, 2.24) is 29.5 Å². The van der Waals surface area contributed by atoms with Crippen LogP contribution in [0.25, 0.3) is 0 Å². The summed E-state index contributed by atoms with van der Waals surface area (Å²) in [6.45, 7) is 5.84. The summed E-state index contributed by atoms with van der Waals surface area (Å²) in [7, 11) is 0. The van der Waals surface area contributed by atoms with Gasteiger partial charge in [0.25, 0.3) is 5.56 Å². The number of aromatic nitrogens is 4. The average molecular weight is 398 g/mol. The molecule has 2 aromatic rings. The van der Waals surface area contributed by atoms with Crippen LogP contribution in [-0.4, -0.2) is 55.7 Å². The van der Waals surface area contributed by atoms with Crippen molar-refractivity contribution in [2.24, 2.45) is 5.92 Å². The summed E-state index contributed by atoms with van der Waals surface area (Å²) in [5.41, 5.74) is 0.671. The first-order valence-corrected chi connectivity index (χ1v) is 10.1. The van der Waals surface area contributed by atoms with Crippen molar-refractivity contribution in [3.05, 3.63) is 46.4 Å². The van der Waals surface area contributed by atoms with Crippen molar-refractivity contribution in [2.75, 3.05) is 19.6 Å². The number of rotatable bonds is 5. The highest BCUT2D eigenvalue weighted by Crippen LogP contribution is 2.41. The summed E-state index contributed by atoms with van der Waals surface area (Å²) in [5, 5.41) is 11.0. The number of nitrogens with one attached hydrogen (secondary N) is 1. The number of amides is 2. The number of likely N-dealkylation sites (tertiary alicyclic amines) is 1. The van der Waals surface area contributed by atoms with E-state index in [0.29, 0.717) is 26.1 Å². The van der Waals surface area contributed by atoms with Gasteiger partial charge >= 0.3 is 0 Å². The minimum atomic E-state index is -0.610. The molecule has 2 aliphatic heterocycles. The van der Waals surface area contributed by atoms with E-state index < -0.39 is 6.04 Å². The molecule has 2 bridgehead atoms. The monoisotopic (exact) mass is 398 g/mol. The van der Waals surface area contributed by atoms with Crippen LogP contribution in [0.4, 0.5) is 0 Å². The number of carbonyl (C=O) groups is 2. The van der Waals surface area contributed by atoms with Crippen LogP contribution < -0.4 is 10.9 Å². The lowest BCUT2D eigenvalue weighted by molar-refractivity contribution is -0.135. The first-order chi connectivity index (χ1) is 14.0. The van der Waals surface area contributed by atoms with Crippen LogP contribution in [0.2, 0.25) is 0 Å². The fraction of sp³-hybridized carbons (Fsp3) is 0.550. The van der Waals surface area contributed by atoms with Gasteiger partial charge in [0.1, 0.15) is 18.2 Å². The Morgan fingerprint density at radius 2 is 2.10 bits per heavy atom. The zero-order chi connectivity index (χ0) is 20.5. The molecule has 1 fully saturated rings. The molecule has 1 saturated heterocycles. The van der Waals surface area contributed by atoms with Crippen molar-refractivity contribution in [2.45, 2.75) is 45.2 Å². The van der Waals surface area contributed by atoms with E-state index in [1.165, 1.54) is 6.07 Å². The molecule has 154 valence electrons. The predicted molar refractivity (Wildman–Crippen MR) is 105 cm³/mol. The third-order valence-corrected chi connectivity index (χ3v) is 6.05. The molecule has 0 radical (unpaired) electrons. The maximum atomic E-state index is 13.2. The fourth-order valence-corrected chi connectivity index (χ4v) is 4.67. The Bertz CT molecular complexity index is 981. The lowest BCUT2D eigenvalue weighted by atomic mass is 9.78. The molecule has 3 atom stereocenters. The molecule has 0 aromatic carbocycles. The van der Waals surface area contributed by atoms with E-state index in [-0.39, 0.29) is 29.2 Å². The predicted octanol–water partition coefficient (Wildman–Crippen LogP) is 0.325. The van der Waals surface area contributed by atoms with Gasteiger partial charge in [0.05, 0.1) is 0 Å². The summed E-state index contributed by atoms with van der Waals surface area (Å²) in [6.07, 6.45) is 3.04. The van der Waals surface area contributed by atoms with E-state index in [4.69, 9.17) is 0 Å². The van der Waals surface area contributed by atoms with Crippen LogP contribution in [0.1, 0.15) is 43.7 Å². The Kier molecular flexibility index (Phi) is 5.21. The third-order valence-electron chi connectivity index (χ3n) is 6.05. The van der Waals surface area contributed by atoms with Gasteiger partial charge in [-0.2, -0.15) is 0 Å². The number of fused-ring (bicyclic) bond motifs is 4. The summed E-state index contributed by atoms with van der Waals surface area (Å²) in [6, 6.07) is 4.52. The number of piperidine rings is 1. The van der Waals surface area contributed by atoms with E-state index in [1.54, 1.807) is 28.8 Å². The van der Waals surface area contributed by atoms with E-state index in [9.17, 15) is 14.4 Å². The minimum absolute atomic E-state index is 0.00416. The molecular formula is C20H26N6O3. The van der Waals surface area contributed by atoms with Crippen LogP contribution in [0.15, 0.2) is 29.3 Å². The number of hydrogen-bond donors (Lipinski definition) is 1. The minimum Gasteiger partial charge on any atom is -0.354 e. The van der Waals surface area contributed by atoms with E-state index >= 15 is 0 Å². The molecular weight excluding hydrogens is 372 g/mol. The zero-order valence-corrected chi connectivity index (χ0v) is 16.7. The molecule has 2 aromatic heterocycles. The molecule has 29 heavy (non-hydrogen) atoms. The molecule has 4 heterocycles. The van der Waals surface area contributed by atoms with Gasteiger partial charge in [-0.25, -0.2) is 0 Å². The Morgan fingerprint density at radius 1 is 1.28 bits per heavy atom. The molecule has 9 heteroatoms. The largest absolute Gasteiger partial charge is 0.354 e. The summed E-state index contributed by atoms with van der Waals surface area (Å²) >= 11 is 0. The van der Waals surface area contributed by atoms with E-state index in [2.05, 4.69) is 15.5 Å². The van der Waals surface area contributed by atoms with Crippen molar-refractivity contribution >= 4 is 11.8 Å². The Hall–Kier alpha value is -2.97. The molecule has 9 nitrogen and oxygen atoms in total. The van der Waals surface area contributed by atoms with Gasteiger partial charge in [0, 0.05) is 63.1 Å². The second kappa shape index (κ2) is 7.81. The summed E-state index contributed by atoms with van der Waals surface area (Å²) in [4.78, 5) is 39.6. The number of nitrogens with zero attached hydrogens (tertiary/aromatic N) is 5. The lowest BCUT2D eigenvalue weighted by Crippen LogP contribution is -2.54. The normalized spacial score (nSPS) is 22.8. The van der Waals surface area contributed by atoms with Gasteiger partial charge in [0.15, 0.2) is 0 Å². The van der Waals surface area contributed by atoms with Gasteiger partial charge in [-0.15, -0.1) is 10.2 Å². The molecule has 2 aliphatic rings. The maximum Gasteiger partial charge on any atom is 0.251 e. The Labute approximate surface area is 168 Å². The van der Waals surface area contributed by atoms with Crippen LogP contribution in [0.5, 0.6) is 0 Å². The number of aryl methyl sites for hydroxylation is 1. The van der Waals surface area contributed by atoms with Crippen molar-refractivity contribution < 1.29 is 9.59 Å². The fourth-order valence-electron chi connectivity index (χ4n) is 4.67. The van der Waals surface area contributed by atoms with Gasteiger partial charge in [-0.3, -0.25) is 19.0 Å². The Morgan fingerprint density at radius 3 is 2.86 bits per heavy atom. The highest BCUT2D eigenvalue weighted by Gasteiger charge is 2.44. The smallest absolute Gasteiger partial charge is 0.251 e. The van der Waals surface area contributed by atoms with Crippen LogP contribution >= 0.6 is 0 Å². The topological polar surface area (TPSA) is 102 Å². The second-order valence-corrected chi connectivity index (χ2v) is 7.79. The van der Waals surface area contributed by atoms with Crippen molar-refractivity contribution in [1.29, 1.82) is 0 Å². The molecule has 1 N–H and O–H groups in total. The quantitative estimate of drug-likeness (QED) is 0.782. The molecule has 4 rings (SSSR count). The van der Waals surface area contributed by atoms with Crippen LogP contribution in [0.3, 0.4) is 0 Å². The average Bonchev–Trinajstić information content (AvgIpc) is 3.16. The standard InChI is InChI=1S/C20H26N6O3/c1-3-24-12-22-23-17(24)7-8-21-20(29)19-15-9-14(10-25(11-15)13(2)27)16-5-4-6-18(28)26(16)19/h4-6,12,14-15,19H,3,7-11H2,1-2H3,(H,21,29)/t14-,15+,19-/m1/s1. The number of carbonyl (C=O) groups excluding carboxylic acids is 2. The molecule has 0 spiro atoms. The lowest BCUT2D eigenvalue weighted by Gasteiger charge is -2.46. The van der Waals surface area contributed by atoms with Gasteiger partial charge < -0.3 is 14.8 Å². The second-order valence-electron chi connectivity index (χ2n) is 7.79. The van der Waals surface area contributed by atoms with E-state index in [0.717, 1.165) is 24.5 Å². The molecule has 0 saturated carbocycles. The van der Waals surface area contributed by atoms with Crippen LogP contribution in [0, 0.1) is 5.92 Å². The van der Waals surface area contributed by atoms with Crippen molar-refractivity contribution in [3.63, 3.8) is 0 Å². The van der Waals surface area contributed by atoms with E-state index in [1.807, 2.05) is 17.6 Å². The van der Waals surface area contributed by atoms with Crippen molar-refractivity contribution in [3.8, 4) is 0 Å². The number of pyridine rings is 1. The van der Waals surface area contributed by atoms with Gasteiger partial charge in [-0.05, 0) is 19.4 Å². The first kappa shape index (κ1) is 19.4. The highest BCUT2D eigenvalue weighted by molar-refractivity contribution is 5.81. The Balaban J connectivity index is 1.56. The number of hydrogen-bond acceptors (Lipinski definition) is 5.